The number of hydrogen-bond donors (Lipinski definition) is 1. The van der Waals surface area contributed by atoms with Crippen LogP contribution in [0.2, 0.25) is 0 Å². The summed E-state index contributed by atoms with van der Waals surface area (Å²) in [7, 11) is 1.63. The molecule has 0 spiro atoms. The number of rotatable bonds is 7. The highest BCUT2D eigenvalue weighted by molar-refractivity contribution is 7.99. The first-order chi connectivity index (χ1) is 15.1. The molecule has 1 saturated heterocycles. The van der Waals surface area contributed by atoms with Crippen LogP contribution in [0.3, 0.4) is 0 Å². The molecule has 0 unspecified atom stereocenters. The summed E-state index contributed by atoms with van der Waals surface area (Å²) >= 11 is 1.61. The molecule has 1 aliphatic rings. The lowest BCUT2D eigenvalue weighted by Crippen LogP contribution is -2.33. The zero-order chi connectivity index (χ0) is 21.8. The average molecular weight is 442 g/mol. The molecule has 10 heteroatoms. The molecule has 9 nitrogen and oxygen atoms in total. The standard InChI is InChI=1S/C21H27N7O2S/c1-3-31-21-24-17(27-11-5-4-6-12-27)16-14-23-28(18(16)25-21)13-9-22-19(29)15-8-7-10-26(2)20(15)30/h7-8,10,14H,3-6,9,11-13H2,1-2H3,(H,22,29). The minimum Gasteiger partial charge on any atom is -0.356 e. The Balaban J connectivity index is 1.54. The second-order valence-electron chi connectivity index (χ2n) is 7.51. The number of nitrogens with zero attached hydrogens (tertiary/aromatic N) is 6. The van der Waals surface area contributed by atoms with E-state index in [1.807, 2.05) is 6.20 Å². The van der Waals surface area contributed by atoms with E-state index in [4.69, 9.17) is 9.97 Å². The number of amides is 1. The van der Waals surface area contributed by atoms with Gasteiger partial charge in [0.15, 0.2) is 10.8 Å². The Labute approximate surface area is 184 Å². The Morgan fingerprint density at radius 2 is 2.03 bits per heavy atom. The zero-order valence-corrected chi connectivity index (χ0v) is 18.7. The number of anilines is 1. The number of pyridine rings is 1. The van der Waals surface area contributed by atoms with Gasteiger partial charge in [0.1, 0.15) is 11.4 Å². The molecule has 0 bridgehead atoms. The summed E-state index contributed by atoms with van der Waals surface area (Å²) in [5.74, 6) is 1.45. The maximum Gasteiger partial charge on any atom is 0.263 e. The highest BCUT2D eigenvalue weighted by Crippen LogP contribution is 2.29. The Kier molecular flexibility index (Phi) is 6.55. The Bertz CT molecular complexity index is 1130. The molecule has 0 aromatic carbocycles. The fourth-order valence-corrected chi connectivity index (χ4v) is 4.33. The number of thioether (sulfide) groups is 1. The van der Waals surface area contributed by atoms with Crippen LogP contribution < -0.4 is 15.8 Å². The summed E-state index contributed by atoms with van der Waals surface area (Å²) in [5, 5.41) is 9.01. The third kappa shape index (κ3) is 4.58. The van der Waals surface area contributed by atoms with Crippen LogP contribution >= 0.6 is 11.8 Å². The van der Waals surface area contributed by atoms with Crippen LogP contribution in [0.5, 0.6) is 0 Å². The van der Waals surface area contributed by atoms with Gasteiger partial charge < -0.3 is 14.8 Å². The average Bonchev–Trinajstić information content (AvgIpc) is 3.19. The Hall–Kier alpha value is -2.88. The monoisotopic (exact) mass is 441 g/mol. The van der Waals surface area contributed by atoms with E-state index in [1.165, 1.54) is 29.9 Å². The second-order valence-corrected chi connectivity index (χ2v) is 8.74. The van der Waals surface area contributed by atoms with Gasteiger partial charge in [0, 0.05) is 32.9 Å². The van der Waals surface area contributed by atoms with Crippen LogP contribution in [-0.4, -0.2) is 55.6 Å². The molecule has 1 fully saturated rings. The molecule has 1 aliphatic heterocycles. The van der Waals surface area contributed by atoms with E-state index in [1.54, 1.807) is 35.8 Å². The minimum atomic E-state index is -0.386. The number of fused-ring (bicyclic) bond motifs is 1. The molecule has 4 heterocycles. The lowest BCUT2D eigenvalue weighted by molar-refractivity contribution is 0.0950. The zero-order valence-electron chi connectivity index (χ0n) is 17.9. The number of carbonyl (C=O) groups is 1. The summed E-state index contributed by atoms with van der Waals surface area (Å²) in [6.45, 7) is 4.87. The maximum atomic E-state index is 12.4. The van der Waals surface area contributed by atoms with E-state index in [2.05, 4.69) is 22.2 Å². The van der Waals surface area contributed by atoms with E-state index in [0.717, 1.165) is 40.9 Å². The van der Waals surface area contributed by atoms with Gasteiger partial charge in [-0.3, -0.25) is 9.59 Å². The molecule has 3 aromatic heterocycles. The number of aryl methyl sites for hydroxylation is 1. The topological polar surface area (TPSA) is 97.9 Å². The van der Waals surface area contributed by atoms with Crippen molar-refractivity contribution in [3.05, 3.63) is 40.4 Å². The highest BCUT2D eigenvalue weighted by atomic mass is 32.2. The molecule has 0 atom stereocenters. The van der Waals surface area contributed by atoms with Crippen LogP contribution in [0.15, 0.2) is 34.5 Å². The van der Waals surface area contributed by atoms with Crippen molar-refractivity contribution in [2.45, 2.75) is 37.9 Å². The summed E-state index contributed by atoms with van der Waals surface area (Å²) < 4.78 is 3.19. The highest BCUT2D eigenvalue weighted by Gasteiger charge is 2.20. The van der Waals surface area contributed by atoms with Crippen molar-refractivity contribution in [1.82, 2.24) is 29.6 Å². The van der Waals surface area contributed by atoms with Crippen molar-refractivity contribution in [1.29, 1.82) is 0 Å². The number of nitrogens with one attached hydrogen (secondary N) is 1. The first-order valence-corrected chi connectivity index (χ1v) is 11.6. The van der Waals surface area contributed by atoms with Gasteiger partial charge in [-0.15, -0.1) is 0 Å². The fraction of sp³-hybridized carbons (Fsp3) is 0.476. The predicted molar refractivity (Wildman–Crippen MR) is 122 cm³/mol. The van der Waals surface area contributed by atoms with E-state index < -0.39 is 0 Å². The molecule has 31 heavy (non-hydrogen) atoms. The van der Waals surface area contributed by atoms with Crippen molar-refractivity contribution in [3.8, 4) is 0 Å². The Morgan fingerprint density at radius 3 is 2.81 bits per heavy atom. The van der Waals surface area contributed by atoms with E-state index >= 15 is 0 Å². The van der Waals surface area contributed by atoms with Gasteiger partial charge in [-0.2, -0.15) is 5.10 Å². The minimum absolute atomic E-state index is 0.131. The van der Waals surface area contributed by atoms with Gasteiger partial charge in [-0.25, -0.2) is 14.6 Å². The second kappa shape index (κ2) is 9.51. The largest absolute Gasteiger partial charge is 0.356 e. The quantitative estimate of drug-likeness (QED) is 0.443. The van der Waals surface area contributed by atoms with Gasteiger partial charge in [-0.1, -0.05) is 18.7 Å². The molecule has 0 aliphatic carbocycles. The van der Waals surface area contributed by atoms with Gasteiger partial charge in [-0.05, 0) is 37.1 Å². The molecule has 1 amide bonds. The van der Waals surface area contributed by atoms with Crippen molar-refractivity contribution >= 4 is 34.5 Å². The van der Waals surface area contributed by atoms with Crippen molar-refractivity contribution in [3.63, 3.8) is 0 Å². The van der Waals surface area contributed by atoms with Gasteiger partial charge in [0.2, 0.25) is 0 Å². The lowest BCUT2D eigenvalue weighted by atomic mass is 10.1. The van der Waals surface area contributed by atoms with Crippen LogP contribution in [0.25, 0.3) is 11.0 Å². The van der Waals surface area contributed by atoms with Gasteiger partial charge in [0.25, 0.3) is 11.5 Å². The van der Waals surface area contributed by atoms with E-state index in [0.29, 0.717) is 13.1 Å². The molecular weight excluding hydrogens is 414 g/mol. The number of hydrogen-bond acceptors (Lipinski definition) is 7. The van der Waals surface area contributed by atoms with Crippen LogP contribution in [0.4, 0.5) is 5.82 Å². The van der Waals surface area contributed by atoms with Crippen molar-refractivity contribution in [2.24, 2.45) is 7.05 Å². The lowest BCUT2D eigenvalue weighted by Gasteiger charge is -2.28. The molecule has 1 N–H and O–H groups in total. The van der Waals surface area contributed by atoms with E-state index in [-0.39, 0.29) is 17.0 Å². The number of piperidine rings is 1. The van der Waals surface area contributed by atoms with E-state index in [9.17, 15) is 9.59 Å². The van der Waals surface area contributed by atoms with Crippen LogP contribution in [-0.2, 0) is 13.6 Å². The third-order valence-electron chi connectivity index (χ3n) is 5.36. The molecule has 164 valence electrons. The van der Waals surface area contributed by atoms with Crippen molar-refractivity contribution < 1.29 is 4.79 Å². The first kappa shape index (κ1) is 21.4. The summed E-state index contributed by atoms with van der Waals surface area (Å²) in [4.78, 5) is 36.4. The summed E-state index contributed by atoms with van der Waals surface area (Å²) in [6, 6.07) is 3.22. The molecule has 0 radical (unpaired) electrons. The Morgan fingerprint density at radius 1 is 1.23 bits per heavy atom. The summed E-state index contributed by atoms with van der Waals surface area (Å²) in [6.07, 6.45) is 7.03. The molecule has 3 aromatic rings. The maximum absolute atomic E-state index is 12.4. The normalized spacial score (nSPS) is 14.2. The fourth-order valence-electron chi connectivity index (χ4n) is 3.77. The molecular formula is C21H27N7O2S. The number of carbonyl (C=O) groups excluding carboxylic acids is 1. The first-order valence-electron chi connectivity index (χ1n) is 10.6. The summed E-state index contributed by atoms with van der Waals surface area (Å²) in [5.41, 5.74) is 0.591. The molecule has 4 rings (SSSR count). The predicted octanol–water partition coefficient (Wildman–Crippen LogP) is 2.06. The third-order valence-corrected chi connectivity index (χ3v) is 6.09. The van der Waals surface area contributed by atoms with Crippen LogP contribution in [0, 0.1) is 0 Å². The SMILES string of the molecule is CCSc1nc(N2CCCCC2)c2cnn(CCNC(=O)c3cccn(C)c3=O)c2n1. The van der Waals surface area contributed by atoms with Crippen molar-refractivity contribution in [2.75, 3.05) is 30.3 Å². The van der Waals surface area contributed by atoms with Crippen LogP contribution in [0.1, 0.15) is 36.5 Å². The molecule has 0 saturated carbocycles. The van der Waals surface area contributed by atoms with Gasteiger partial charge in [0.05, 0.1) is 18.1 Å². The van der Waals surface area contributed by atoms with Gasteiger partial charge >= 0.3 is 0 Å². The smallest absolute Gasteiger partial charge is 0.263 e. The number of aromatic nitrogens is 5.